The topological polar surface area (TPSA) is 67.9 Å². The maximum Gasteiger partial charge on any atom is 0.237 e. The number of benzene rings is 2. The van der Waals surface area contributed by atoms with Crippen molar-refractivity contribution < 1.29 is 23.5 Å². The van der Waals surface area contributed by atoms with Crippen LogP contribution in [0.25, 0.3) is 0 Å². The van der Waals surface area contributed by atoms with Crippen molar-refractivity contribution in [1.82, 2.24) is 10.2 Å². The van der Waals surface area contributed by atoms with E-state index in [4.69, 9.17) is 9.47 Å². The Morgan fingerprint density at radius 2 is 1.75 bits per heavy atom. The van der Waals surface area contributed by atoms with Gasteiger partial charge in [-0.05, 0) is 75.2 Å². The molecular weight excluding hydrogens is 411 g/mol. The Bertz CT molecular complexity index is 955. The van der Waals surface area contributed by atoms with Gasteiger partial charge in [0.15, 0.2) is 17.3 Å². The first-order valence-corrected chi connectivity index (χ1v) is 11.2. The van der Waals surface area contributed by atoms with Crippen LogP contribution in [0.4, 0.5) is 4.39 Å². The highest BCUT2D eigenvalue weighted by molar-refractivity contribution is 5.98. The predicted molar refractivity (Wildman–Crippen MR) is 119 cm³/mol. The molecule has 1 amide bonds. The monoisotopic (exact) mass is 440 g/mol. The van der Waals surface area contributed by atoms with E-state index in [2.05, 4.69) is 10.2 Å². The van der Waals surface area contributed by atoms with Gasteiger partial charge in [-0.3, -0.25) is 14.5 Å². The minimum absolute atomic E-state index is 0.0243. The highest BCUT2D eigenvalue weighted by Crippen LogP contribution is 2.32. The lowest BCUT2D eigenvalue weighted by atomic mass is 9.88. The van der Waals surface area contributed by atoms with Crippen LogP contribution in [0, 0.1) is 11.7 Å². The van der Waals surface area contributed by atoms with Crippen molar-refractivity contribution in [3.63, 3.8) is 0 Å². The molecule has 6 nitrogen and oxygen atoms in total. The number of halogens is 1. The lowest BCUT2D eigenvalue weighted by Crippen LogP contribution is -2.49. The van der Waals surface area contributed by atoms with Crippen LogP contribution in [0.15, 0.2) is 42.5 Å². The molecule has 0 spiro atoms. The minimum atomic E-state index is -0.262. The Hall–Kier alpha value is -2.93. The fourth-order valence-electron chi connectivity index (χ4n) is 4.28. The van der Waals surface area contributed by atoms with Gasteiger partial charge >= 0.3 is 0 Å². The predicted octanol–water partition coefficient (Wildman–Crippen LogP) is 3.24. The van der Waals surface area contributed by atoms with Crippen LogP contribution in [0.3, 0.4) is 0 Å². The van der Waals surface area contributed by atoms with Crippen LogP contribution in [-0.2, 0) is 11.2 Å². The van der Waals surface area contributed by atoms with E-state index in [0.717, 1.165) is 18.4 Å². The number of carbonyl (C=O) groups excluding carboxylic acids is 2. The number of rotatable bonds is 7. The van der Waals surface area contributed by atoms with Crippen LogP contribution in [-0.4, -0.2) is 55.5 Å². The fourth-order valence-corrected chi connectivity index (χ4v) is 4.28. The Kier molecular flexibility index (Phi) is 7.05. The number of ketones is 1. The van der Waals surface area contributed by atoms with Crippen molar-refractivity contribution in [3.8, 4) is 11.5 Å². The summed E-state index contributed by atoms with van der Waals surface area (Å²) in [5, 5.41) is 2.96. The lowest BCUT2D eigenvalue weighted by molar-refractivity contribution is -0.126. The molecule has 1 atom stereocenters. The Labute approximate surface area is 187 Å². The summed E-state index contributed by atoms with van der Waals surface area (Å²) in [4.78, 5) is 27.7. The molecule has 0 bridgehead atoms. The average molecular weight is 441 g/mol. The zero-order valence-electron chi connectivity index (χ0n) is 18.3. The third-order valence-corrected chi connectivity index (χ3v) is 6.28. The van der Waals surface area contributed by atoms with E-state index in [-0.39, 0.29) is 29.5 Å². The SMILES string of the molecule is CC(C(=O)NCCc1ccc(F)cc1)N1CCC(C(=O)c2ccc3c(c2)OCCO3)CC1. The molecule has 0 saturated carbocycles. The maximum atomic E-state index is 13.0. The molecule has 2 aromatic carbocycles. The van der Waals surface area contributed by atoms with Gasteiger partial charge in [0.25, 0.3) is 0 Å². The molecule has 0 aliphatic carbocycles. The van der Waals surface area contributed by atoms with E-state index in [9.17, 15) is 14.0 Å². The molecule has 2 aliphatic heterocycles. The number of piperidine rings is 1. The molecule has 0 radical (unpaired) electrons. The summed E-state index contributed by atoms with van der Waals surface area (Å²) in [5.41, 5.74) is 1.64. The van der Waals surface area contributed by atoms with Crippen molar-refractivity contribution in [2.45, 2.75) is 32.2 Å². The molecule has 0 aromatic heterocycles. The summed E-state index contributed by atoms with van der Waals surface area (Å²) in [7, 11) is 0. The quantitative estimate of drug-likeness (QED) is 0.670. The molecule has 1 N–H and O–H groups in total. The van der Waals surface area contributed by atoms with Crippen molar-refractivity contribution >= 4 is 11.7 Å². The molecule has 1 saturated heterocycles. The van der Waals surface area contributed by atoms with Crippen LogP contribution in [0.2, 0.25) is 0 Å². The first kappa shape index (κ1) is 22.3. The number of hydrogen-bond donors (Lipinski definition) is 1. The van der Waals surface area contributed by atoms with Gasteiger partial charge < -0.3 is 14.8 Å². The molecule has 2 aromatic rings. The van der Waals surface area contributed by atoms with E-state index in [1.807, 2.05) is 6.92 Å². The number of ether oxygens (including phenoxy) is 2. The van der Waals surface area contributed by atoms with Gasteiger partial charge in [-0.1, -0.05) is 12.1 Å². The molecule has 1 unspecified atom stereocenters. The van der Waals surface area contributed by atoms with Crippen LogP contribution < -0.4 is 14.8 Å². The molecule has 7 heteroatoms. The fraction of sp³-hybridized carbons (Fsp3) is 0.440. The van der Waals surface area contributed by atoms with Crippen molar-refractivity contribution in [3.05, 3.63) is 59.4 Å². The number of amides is 1. The number of carbonyl (C=O) groups is 2. The number of Topliss-reactive ketones (excluding diaryl/α,β-unsaturated/α-hetero) is 1. The molecule has 2 heterocycles. The zero-order chi connectivity index (χ0) is 22.5. The molecular formula is C25H29FN2O4. The summed E-state index contributed by atoms with van der Waals surface area (Å²) >= 11 is 0. The third kappa shape index (κ3) is 5.27. The van der Waals surface area contributed by atoms with Gasteiger partial charge in [0.05, 0.1) is 6.04 Å². The second kappa shape index (κ2) is 10.1. The van der Waals surface area contributed by atoms with Crippen LogP contribution >= 0.6 is 0 Å². The highest BCUT2D eigenvalue weighted by Gasteiger charge is 2.30. The number of hydrogen-bond acceptors (Lipinski definition) is 5. The summed E-state index contributed by atoms with van der Waals surface area (Å²) < 4.78 is 24.1. The third-order valence-electron chi connectivity index (χ3n) is 6.28. The summed E-state index contributed by atoms with van der Waals surface area (Å²) in [6.45, 7) is 4.83. The first-order valence-electron chi connectivity index (χ1n) is 11.2. The van der Waals surface area contributed by atoms with Gasteiger partial charge in [0, 0.05) is 18.0 Å². The number of nitrogens with one attached hydrogen (secondary N) is 1. The summed E-state index contributed by atoms with van der Waals surface area (Å²) in [6, 6.07) is 11.4. The van der Waals surface area contributed by atoms with Gasteiger partial charge in [0.2, 0.25) is 5.91 Å². The van der Waals surface area contributed by atoms with Crippen molar-refractivity contribution in [1.29, 1.82) is 0 Å². The summed E-state index contributed by atoms with van der Waals surface area (Å²) in [6.07, 6.45) is 2.10. The van der Waals surface area contributed by atoms with Gasteiger partial charge in [-0.25, -0.2) is 4.39 Å². The largest absolute Gasteiger partial charge is 0.486 e. The average Bonchev–Trinajstić information content (AvgIpc) is 2.84. The number of nitrogens with zero attached hydrogens (tertiary/aromatic N) is 1. The lowest BCUT2D eigenvalue weighted by Gasteiger charge is -2.34. The maximum absolute atomic E-state index is 13.0. The smallest absolute Gasteiger partial charge is 0.237 e. The second-order valence-electron chi connectivity index (χ2n) is 8.38. The van der Waals surface area contributed by atoms with Gasteiger partial charge in [-0.15, -0.1) is 0 Å². The summed E-state index contributed by atoms with van der Waals surface area (Å²) in [5.74, 6) is 1.10. The van der Waals surface area contributed by atoms with Gasteiger partial charge in [0.1, 0.15) is 19.0 Å². The zero-order valence-corrected chi connectivity index (χ0v) is 18.3. The Morgan fingerprint density at radius 1 is 1.06 bits per heavy atom. The minimum Gasteiger partial charge on any atom is -0.486 e. The van der Waals surface area contributed by atoms with E-state index >= 15 is 0 Å². The Balaban J connectivity index is 1.24. The van der Waals surface area contributed by atoms with Crippen molar-refractivity contribution in [2.24, 2.45) is 5.92 Å². The van der Waals surface area contributed by atoms with E-state index in [1.54, 1.807) is 30.3 Å². The van der Waals surface area contributed by atoms with Crippen LogP contribution in [0.5, 0.6) is 11.5 Å². The normalized spacial score (nSPS) is 17.6. The molecule has 32 heavy (non-hydrogen) atoms. The molecule has 1 fully saturated rings. The molecule has 170 valence electrons. The van der Waals surface area contributed by atoms with Crippen molar-refractivity contribution in [2.75, 3.05) is 32.8 Å². The number of likely N-dealkylation sites (tertiary alicyclic amines) is 1. The highest BCUT2D eigenvalue weighted by atomic mass is 19.1. The molecule has 2 aliphatic rings. The van der Waals surface area contributed by atoms with E-state index in [1.165, 1.54) is 12.1 Å². The van der Waals surface area contributed by atoms with E-state index in [0.29, 0.717) is 56.3 Å². The second-order valence-corrected chi connectivity index (χ2v) is 8.38. The first-order chi connectivity index (χ1) is 15.5. The molecule has 4 rings (SSSR count). The van der Waals surface area contributed by atoms with Gasteiger partial charge in [-0.2, -0.15) is 0 Å². The van der Waals surface area contributed by atoms with E-state index < -0.39 is 0 Å². The Morgan fingerprint density at radius 3 is 2.47 bits per heavy atom. The number of fused-ring (bicyclic) bond motifs is 1. The van der Waals surface area contributed by atoms with Crippen LogP contribution in [0.1, 0.15) is 35.7 Å². The standard InChI is InChI=1S/C25H29FN2O4/c1-17(25(30)27-11-8-18-2-5-21(26)6-3-18)28-12-9-19(10-13-28)24(29)20-4-7-22-23(16-20)32-15-14-31-22/h2-7,16-17,19H,8-15H2,1H3,(H,27,30).